The summed E-state index contributed by atoms with van der Waals surface area (Å²) in [5.74, 6) is 0. The SMILES string of the molecule is O=[CH][Mo]([CH]=O)([CH]=O)([CH]=O)([CH]=O)([CH]=O)([CH]=O)[CH]=O. The number of rotatable bonds is 8. The normalized spacial score (nSPS) is 19.8. The van der Waals surface area contributed by atoms with Crippen molar-refractivity contribution in [3.63, 3.8) is 0 Å². The van der Waals surface area contributed by atoms with Gasteiger partial charge in [0.15, 0.2) is 0 Å². The van der Waals surface area contributed by atoms with Gasteiger partial charge in [-0.1, -0.05) is 0 Å². The molecule has 0 bridgehead atoms. The molecule has 0 radical (unpaired) electrons. The Morgan fingerprint density at radius 1 is 0.353 bits per heavy atom. The van der Waals surface area contributed by atoms with Crippen molar-refractivity contribution in [1.29, 1.82) is 0 Å². The number of carbonyl (C=O) groups is 8. The fourth-order valence-electron chi connectivity index (χ4n) is 0.635. The molecule has 0 aromatic rings. The number of hydrogen-bond donors (Lipinski definition) is 0. The minimum absolute atomic E-state index is 0.999. The molecule has 0 aliphatic rings. The van der Waals surface area contributed by atoms with Crippen molar-refractivity contribution >= 4 is 37.4 Å². The first-order valence-corrected chi connectivity index (χ1v) is 13.0. The molecule has 0 N–H and O–H groups in total. The summed E-state index contributed by atoms with van der Waals surface area (Å²) >= 11 is -9.27. The molecule has 0 aromatic carbocycles. The third-order valence-corrected chi connectivity index (χ3v) is 18.4. The Morgan fingerprint density at radius 3 is 0.471 bits per heavy atom. The standard InChI is InChI=1S/8CHO.Mo/c8*1-2;/h8*1H;. The van der Waals surface area contributed by atoms with Crippen molar-refractivity contribution in [3.05, 3.63) is 0 Å². The predicted molar refractivity (Wildman–Crippen MR) is 54.0 cm³/mol. The fraction of sp³-hybridized carbons (Fsp3) is 0. The summed E-state index contributed by atoms with van der Waals surface area (Å²) in [7, 11) is 0. The Hall–Kier alpha value is -1.95. The first-order valence-electron chi connectivity index (χ1n) is 3.77. The van der Waals surface area contributed by atoms with Crippen LogP contribution in [-0.4, -0.2) is 37.4 Å². The molecule has 94 valence electrons. The van der Waals surface area contributed by atoms with Gasteiger partial charge in [0.05, 0.1) is 0 Å². The molecule has 0 amide bonds. The van der Waals surface area contributed by atoms with Crippen LogP contribution in [0.15, 0.2) is 0 Å². The van der Waals surface area contributed by atoms with E-state index in [0.717, 1.165) is 0 Å². The molecule has 0 unspecified atom stereocenters. The average Bonchev–Trinajstić information content (AvgIpc) is 2.48. The molecule has 0 saturated carbocycles. The Kier molecular flexibility index (Phi) is 1.83. The second-order valence-electron chi connectivity index (χ2n) is 4.58. The van der Waals surface area contributed by atoms with Crippen LogP contribution in [0.5, 0.6) is 0 Å². The topological polar surface area (TPSA) is 137 Å². The molecule has 0 saturated heterocycles. The monoisotopic (exact) mass is 330 g/mol. The molecule has 0 heterocycles. The van der Waals surface area contributed by atoms with Crippen molar-refractivity contribution in [3.8, 4) is 0 Å². The molecule has 0 aliphatic carbocycles. The quantitative estimate of drug-likeness (QED) is 0.362. The third kappa shape index (κ3) is 0.698. The fourth-order valence-corrected chi connectivity index (χ4v) is 3.76. The van der Waals surface area contributed by atoms with Gasteiger partial charge in [-0.3, -0.25) is 0 Å². The summed E-state index contributed by atoms with van der Waals surface area (Å²) < 4.78 is -7.99. The number of carbonyl (C=O) groups excluding carboxylic acids is 8. The van der Waals surface area contributed by atoms with E-state index in [2.05, 4.69) is 0 Å². The van der Waals surface area contributed by atoms with Crippen LogP contribution in [0.4, 0.5) is 0 Å². The molecule has 0 spiro atoms. The second kappa shape index (κ2) is 2.06. The first kappa shape index (κ1) is 15.0. The van der Waals surface area contributed by atoms with E-state index >= 15 is 0 Å². The van der Waals surface area contributed by atoms with Gasteiger partial charge in [0.25, 0.3) is 0 Å². The van der Waals surface area contributed by atoms with E-state index in [4.69, 9.17) is 0 Å². The molecule has 0 aliphatic heterocycles. The molecule has 0 rings (SSSR count). The van der Waals surface area contributed by atoms with Crippen molar-refractivity contribution in [1.82, 2.24) is 0 Å². The van der Waals surface area contributed by atoms with Crippen LogP contribution in [0.3, 0.4) is 0 Å². The van der Waals surface area contributed by atoms with Gasteiger partial charge in [-0.25, -0.2) is 0 Å². The summed E-state index contributed by atoms with van der Waals surface area (Å²) in [6.07, 6.45) is 0. The van der Waals surface area contributed by atoms with E-state index < -0.39 is 48.5 Å². The molecule has 9 heteroatoms. The minimum atomic E-state index is -9.27. The van der Waals surface area contributed by atoms with E-state index in [9.17, 15) is 38.4 Å². The van der Waals surface area contributed by atoms with E-state index in [0.29, 0.717) is 0 Å². The van der Waals surface area contributed by atoms with E-state index in [1.165, 1.54) is 0 Å². The van der Waals surface area contributed by atoms with Gasteiger partial charge >= 0.3 is 86.8 Å². The zero-order valence-electron chi connectivity index (χ0n) is 8.29. The summed E-state index contributed by atoms with van der Waals surface area (Å²) in [4.78, 5) is 89.5. The Labute approximate surface area is 87.1 Å². The first-order chi connectivity index (χ1) is 7.66. The van der Waals surface area contributed by atoms with E-state index in [1.54, 1.807) is 0 Å². The molecule has 8 nitrogen and oxygen atoms in total. The predicted octanol–water partition coefficient (Wildman–Crippen LogP) is -2.20. The third-order valence-electron chi connectivity index (χ3n) is 3.11. The molecule has 0 aromatic heterocycles. The van der Waals surface area contributed by atoms with E-state index in [-0.39, 0.29) is 0 Å². The summed E-state index contributed by atoms with van der Waals surface area (Å²) in [5.41, 5.74) is 0. The zero-order chi connectivity index (χ0) is 14.0. The maximum atomic E-state index is 11.2. The van der Waals surface area contributed by atoms with Crippen molar-refractivity contribution in [2.24, 2.45) is 0 Å². The van der Waals surface area contributed by atoms with Crippen molar-refractivity contribution in [2.45, 2.75) is 0 Å². The van der Waals surface area contributed by atoms with Crippen LogP contribution in [0.1, 0.15) is 0 Å². The molecular formula is C8H8MoO8. The van der Waals surface area contributed by atoms with Crippen LogP contribution in [0.2, 0.25) is 0 Å². The molecule has 17 heavy (non-hydrogen) atoms. The van der Waals surface area contributed by atoms with Gasteiger partial charge in [-0.2, -0.15) is 0 Å². The zero-order valence-corrected chi connectivity index (χ0v) is 10.3. The maximum absolute atomic E-state index is 11.2. The van der Waals surface area contributed by atoms with Crippen LogP contribution >= 0.6 is 0 Å². The van der Waals surface area contributed by atoms with Crippen molar-refractivity contribution in [2.75, 3.05) is 0 Å². The second-order valence-corrected chi connectivity index (χ2v) is 27.1. The summed E-state index contributed by atoms with van der Waals surface area (Å²) in [6.45, 7) is 0. The average molecular weight is 328 g/mol. The van der Waals surface area contributed by atoms with Gasteiger partial charge in [0.1, 0.15) is 0 Å². The van der Waals surface area contributed by atoms with Gasteiger partial charge < -0.3 is 0 Å². The van der Waals surface area contributed by atoms with Crippen LogP contribution < -0.4 is 0 Å². The van der Waals surface area contributed by atoms with Gasteiger partial charge in [-0.05, 0) is 0 Å². The Morgan fingerprint density at radius 2 is 0.471 bits per heavy atom. The summed E-state index contributed by atoms with van der Waals surface area (Å²) in [5, 5.41) is 0. The van der Waals surface area contributed by atoms with Gasteiger partial charge in [0, 0.05) is 0 Å². The van der Waals surface area contributed by atoms with Crippen LogP contribution in [0, 0.1) is 0 Å². The van der Waals surface area contributed by atoms with Crippen LogP contribution in [0.25, 0.3) is 0 Å². The molecule has 0 fully saturated rings. The summed E-state index contributed by atoms with van der Waals surface area (Å²) in [6, 6.07) is 0. The molecule has 0 atom stereocenters. The Balaban J connectivity index is 8.48. The number of hydrogen-bond acceptors (Lipinski definition) is 8. The van der Waals surface area contributed by atoms with Gasteiger partial charge in [-0.15, -0.1) is 0 Å². The van der Waals surface area contributed by atoms with Crippen molar-refractivity contribution < 1.29 is 49.4 Å². The molecular weight excluding hydrogens is 320 g/mol. The van der Waals surface area contributed by atoms with E-state index in [1.807, 2.05) is 0 Å². The van der Waals surface area contributed by atoms with Crippen LogP contribution in [-0.2, 0) is 49.4 Å². The van der Waals surface area contributed by atoms with Gasteiger partial charge in [0.2, 0.25) is 0 Å². The Bertz CT molecular complexity index is 392.